The summed E-state index contributed by atoms with van der Waals surface area (Å²) in [4.78, 5) is 22.2. The average molecular weight is 358 g/mol. The van der Waals surface area contributed by atoms with E-state index in [-0.39, 0.29) is 23.2 Å². The molecule has 2 N–H and O–H groups in total. The molecule has 2 aromatic rings. The van der Waals surface area contributed by atoms with Crippen LogP contribution in [0.1, 0.15) is 55.4 Å². The van der Waals surface area contributed by atoms with Gasteiger partial charge in [0, 0.05) is 5.92 Å². The zero-order valence-electron chi connectivity index (χ0n) is 15.1. The summed E-state index contributed by atoms with van der Waals surface area (Å²) in [5.74, 6) is -0.164. The number of para-hydroxylation sites is 1. The van der Waals surface area contributed by atoms with Crippen LogP contribution >= 0.6 is 0 Å². The minimum absolute atomic E-state index is 0.0252. The molecule has 1 amide bonds. The Bertz CT molecular complexity index is 1020. The highest BCUT2D eigenvalue weighted by Crippen LogP contribution is 2.67. The molecule has 7 nitrogen and oxygen atoms in total. The molecule has 27 heavy (non-hydrogen) atoms. The quantitative estimate of drug-likeness (QED) is 0.815. The van der Waals surface area contributed by atoms with Crippen LogP contribution in [-0.2, 0) is 10.2 Å². The topological polar surface area (TPSA) is 114 Å². The van der Waals surface area contributed by atoms with E-state index in [1.54, 1.807) is 0 Å². The third-order valence-electron chi connectivity index (χ3n) is 6.13. The van der Waals surface area contributed by atoms with Crippen molar-refractivity contribution in [3.05, 3.63) is 53.1 Å². The van der Waals surface area contributed by atoms with Crippen molar-refractivity contribution in [2.75, 3.05) is 5.43 Å². The predicted molar refractivity (Wildman–Crippen MR) is 97.1 cm³/mol. The number of benzene rings is 1. The van der Waals surface area contributed by atoms with Crippen molar-refractivity contribution in [3.63, 3.8) is 0 Å². The molecule has 2 atom stereocenters. The Morgan fingerprint density at radius 2 is 1.81 bits per heavy atom. The lowest BCUT2D eigenvalue weighted by atomic mass is 9.68. The van der Waals surface area contributed by atoms with Gasteiger partial charge in [0.1, 0.15) is 17.6 Å². The summed E-state index contributed by atoms with van der Waals surface area (Å²) in [5.41, 5.74) is 6.45. The Morgan fingerprint density at radius 3 is 2.48 bits per heavy atom. The molecule has 2 aliphatic carbocycles. The fraction of sp³-hybridized carbons (Fsp3) is 0.350. The Labute approximate surface area is 157 Å². The molecule has 0 saturated heterocycles. The fourth-order valence-electron chi connectivity index (χ4n) is 4.68. The van der Waals surface area contributed by atoms with Crippen LogP contribution in [0.2, 0.25) is 0 Å². The van der Waals surface area contributed by atoms with Crippen LogP contribution in [0.3, 0.4) is 0 Å². The molecule has 1 fully saturated rings. The number of nitrogens with one attached hydrogen (secondary N) is 2. The first kappa shape index (κ1) is 17.0. The molecule has 0 aliphatic heterocycles. The van der Waals surface area contributed by atoms with Crippen molar-refractivity contribution < 1.29 is 4.79 Å². The Morgan fingerprint density at radius 1 is 1.15 bits per heavy atom. The lowest BCUT2D eigenvalue weighted by molar-refractivity contribution is -0.129. The molecule has 0 radical (unpaired) electrons. The van der Waals surface area contributed by atoms with Crippen LogP contribution in [0, 0.1) is 28.1 Å². The fourth-order valence-corrected chi connectivity index (χ4v) is 4.68. The van der Waals surface area contributed by atoms with Crippen LogP contribution in [0.15, 0.2) is 30.3 Å². The molecule has 2 bridgehead atoms. The molecule has 4 rings (SSSR count). The van der Waals surface area contributed by atoms with Crippen LogP contribution in [0.25, 0.3) is 0 Å². The van der Waals surface area contributed by atoms with E-state index < -0.39 is 10.8 Å². The summed E-state index contributed by atoms with van der Waals surface area (Å²) >= 11 is 0. The molecule has 0 spiro atoms. The van der Waals surface area contributed by atoms with Crippen molar-refractivity contribution in [3.8, 4) is 12.1 Å². The summed E-state index contributed by atoms with van der Waals surface area (Å²) < 4.78 is 0. The van der Waals surface area contributed by atoms with E-state index in [9.17, 15) is 15.3 Å². The van der Waals surface area contributed by atoms with Gasteiger partial charge in [-0.25, -0.2) is 9.97 Å². The van der Waals surface area contributed by atoms with Crippen molar-refractivity contribution in [1.82, 2.24) is 15.4 Å². The zero-order valence-corrected chi connectivity index (χ0v) is 15.1. The maximum Gasteiger partial charge on any atom is 0.251 e. The van der Waals surface area contributed by atoms with Crippen molar-refractivity contribution in [2.45, 2.75) is 38.0 Å². The second-order valence-electron chi connectivity index (χ2n) is 7.54. The van der Waals surface area contributed by atoms with E-state index in [4.69, 9.17) is 0 Å². The summed E-state index contributed by atoms with van der Waals surface area (Å²) in [5, 5.41) is 18.6. The molecule has 1 saturated carbocycles. The predicted octanol–water partition coefficient (Wildman–Crippen LogP) is 2.52. The van der Waals surface area contributed by atoms with Gasteiger partial charge in [0.05, 0.1) is 17.1 Å². The minimum Gasteiger partial charge on any atom is -0.299 e. The van der Waals surface area contributed by atoms with E-state index in [1.807, 2.05) is 56.3 Å². The lowest BCUT2D eigenvalue weighted by Crippen LogP contribution is -2.51. The smallest absolute Gasteiger partial charge is 0.251 e. The SMILES string of the molecule is CC1(C)C2CCC1(C(=O)NNc1ccccc1)c1nc(C#N)c(C#N)nc12. The van der Waals surface area contributed by atoms with E-state index in [0.717, 1.165) is 12.1 Å². The summed E-state index contributed by atoms with van der Waals surface area (Å²) in [7, 11) is 0. The number of hydrazine groups is 1. The Kier molecular flexibility index (Phi) is 3.64. The van der Waals surface area contributed by atoms with Gasteiger partial charge in [0.15, 0.2) is 11.4 Å². The number of anilines is 1. The standard InChI is InChI=1S/C20H18N6O/c1-19(2)13-8-9-20(19,18(27)26-25-12-6-4-3-5-7-12)17-16(13)23-14(10-21)15(11-22)24-17/h3-7,13,25H,8-9H2,1-2H3,(H,26,27). The number of nitriles is 2. The van der Waals surface area contributed by atoms with E-state index in [0.29, 0.717) is 17.8 Å². The molecular weight excluding hydrogens is 340 g/mol. The van der Waals surface area contributed by atoms with Gasteiger partial charge in [-0.3, -0.25) is 15.6 Å². The number of carbonyl (C=O) groups is 1. The van der Waals surface area contributed by atoms with Gasteiger partial charge in [-0.15, -0.1) is 0 Å². The highest BCUT2D eigenvalue weighted by atomic mass is 16.2. The second-order valence-corrected chi connectivity index (χ2v) is 7.54. The zero-order chi connectivity index (χ0) is 19.2. The van der Waals surface area contributed by atoms with Crippen molar-refractivity contribution in [1.29, 1.82) is 10.5 Å². The van der Waals surface area contributed by atoms with Gasteiger partial charge in [-0.1, -0.05) is 32.0 Å². The van der Waals surface area contributed by atoms with Crippen LogP contribution in [0.5, 0.6) is 0 Å². The number of fused-ring (bicyclic) bond motifs is 5. The lowest BCUT2D eigenvalue weighted by Gasteiger charge is -2.36. The number of carbonyl (C=O) groups excluding carboxylic acids is 1. The summed E-state index contributed by atoms with van der Waals surface area (Å²) in [6.45, 7) is 4.07. The molecule has 134 valence electrons. The number of hydrogen-bond acceptors (Lipinski definition) is 6. The Hall–Kier alpha value is -3.45. The van der Waals surface area contributed by atoms with Crippen LogP contribution < -0.4 is 10.9 Å². The molecule has 2 aliphatic rings. The molecule has 2 unspecified atom stereocenters. The molecule has 1 heterocycles. The van der Waals surface area contributed by atoms with Crippen molar-refractivity contribution in [2.24, 2.45) is 5.41 Å². The largest absolute Gasteiger partial charge is 0.299 e. The highest BCUT2D eigenvalue weighted by molar-refractivity contribution is 5.92. The van der Waals surface area contributed by atoms with Crippen LogP contribution in [-0.4, -0.2) is 15.9 Å². The maximum absolute atomic E-state index is 13.3. The number of rotatable bonds is 3. The minimum atomic E-state index is -0.888. The summed E-state index contributed by atoms with van der Waals surface area (Å²) in [6.07, 6.45) is 1.43. The molecule has 1 aromatic heterocycles. The maximum atomic E-state index is 13.3. The van der Waals surface area contributed by atoms with Gasteiger partial charge in [0.2, 0.25) is 0 Å². The number of aromatic nitrogens is 2. The molecule has 7 heteroatoms. The molecule has 1 aromatic carbocycles. The monoisotopic (exact) mass is 358 g/mol. The first-order valence-corrected chi connectivity index (χ1v) is 8.80. The van der Waals surface area contributed by atoms with Gasteiger partial charge in [0.25, 0.3) is 5.91 Å². The first-order chi connectivity index (χ1) is 13.0. The van der Waals surface area contributed by atoms with E-state index in [2.05, 4.69) is 20.8 Å². The number of amides is 1. The van der Waals surface area contributed by atoms with E-state index >= 15 is 0 Å². The van der Waals surface area contributed by atoms with Gasteiger partial charge < -0.3 is 0 Å². The van der Waals surface area contributed by atoms with Crippen LogP contribution in [0.4, 0.5) is 5.69 Å². The normalized spacial score (nSPS) is 23.8. The first-order valence-electron chi connectivity index (χ1n) is 8.80. The van der Waals surface area contributed by atoms with Gasteiger partial charge in [-0.05, 0) is 30.4 Å². The van der Waals surface area contributed by atoms with Gasteiger partial charge in [-0.2, -0.15) is 10.5 Å². The number of hydrogen-bond donors (Lipinski definition) is 2. The second kappa shape index (κ2) is 5.78. The van der Waals surface area contributed by atoms with Crippen molar-refractivity contribution >= 4 is 11.6 Å². The molecular formula is C20H18N6O. The van der Waals surface area contributed by atoms with Gasteiger partial charge >= 0.3 is 0 Å². The highest BCUT2D eigenvalue weighted by Gasteiger charge is 2.68. The third kappa shape index (κ3) is 2.15. The third-order valence-corrected chi connectivity index (χ3v) is 6.13. The van der Waals surface area contributed by atoms with E-state index in [1.165, 1.54) is 0 Å². The Balaban J connectivity index is 1.77. The summed E-state index contributed by atoms with van der Waals surface area (Å²) in [6, 6.07) is 13.2. The average Bonchev–Trinajstić information content (AvgIpc) is 3.07. The number of nitrogens with zero attached hydrogens (tertiary/aromatic N) is 4.